The van der Waals surface area contributed by atoms with E-state index < -0.39 is 0 Å². The van der Waals surface area contributed by atoms with Gasteiger partial charge < -0.3 is 10.6 Å². The highest BCUT2D eigenvalue weighted by molar-refractivity contribution is 5.64. The zero-order chi connectivity index (χ0) is 13.3. The normalized spacial score (nSPS) is 24.1. The Balaban J connectivity index is 2.35. The molecule has 0 radical (unpaired) electrons. The van der Waals surface area contributed by atoms with E-state index in [-0.39, 0.29) is 16.7 Å². The van der Waals surface area contributed by atoms with E-state index in [0.717, 1.165) is 18.5 Å². The Morgan fingerprint density at radius 2 is 2.17 bits per heavy atom. The van der Waals surface area contributed by atoms with Gasteiger partial charge in [0.25, 0.3) is 5.69 Å². The van der Waals surface area contributed by atoms with E-state index in [1.165, 1.54) is 0 Å². The molecule has 18 heavy (non-hydrogen) atoms. The third-order valence-electron chi connectivity index (χ3n) is 3.36. The second-order valence-electron chi connectivity index (χ2n) is 5.26. The molecule has 0 bridgehead atoms. The fraction of sp³-hybridized carbons (Fsp3) is 0.538. The van der Waals surface area contributed by atoms with E-state index in [2.05, 4.69) is 6.92 Å². The minimum absolute atomic E-state index is 0.0923. The van der Waals surface area contributed by atoms with Gasteiger partial charge in [-0.05, 0) is 30.9 Å². The van der Waals surface area contributed by atoms with Crippen LogP contribution < -0.4 is 10.6 Å². The number of nitro groups is 1. The summed E-state index contributed by atoms with van der Waals surface area (Å²) in [5, 5.41) is 11.1. The summed E-state index contributed by atoms with van der Waals surface area (Å²) in [6, 6.07) is 5.46. The van der Waals surface area contributed by atoms with Gasteiger partial charge in [0.05, 0.1) is 4.92 Å². The first-order chi connectivity index (χ1) is 8.47. The van der Waals surface area contributed by atoms with Gasteiger partial charge in [-0.15, -0.1) is 0 Å². The molecule has 0 aliphatic carbocycles. The van der Waals surface area contributed by atoms with Gasteiger partial charge in [0.2, 0.25) is 0 Å². The number of benzene rings is 1. The molecular formula is C13H19N3O2. The maximum atomic E-state index is 11.1. The zero-order valence-corrected chi connectivity index (χ0v) is 10.8. The lowest BCUT2D eigenvalue weighted by molar-refractivity contribution is -0.384. The summed E-state index contributed by atoms with van der Waals surface area (Å²) < 4.78 is 0. The Labute approximate surface area is 107 Å². The first kappa shape index (κ1) is 12.8. The van der Waals surface area contributed by atoms with Gasteiger partial charge in [0.15, 0.2) is 0 Å². The number of nitrogens with zero attached hydrogens (tertiary/aromatic N) is 2. The summed E-state index contributed by atoms with van der Waals surface area (Å²) >= 11 is 0. The number of rotatable bonds is 2. The largest absolute Gasteiger partial charge is 0.364 e. The second kappa shape index (κ2) is 4.94. The van der Waals surface area contributed by atoms with Crippen LogP contribution in [0.15, 0.2) is 18.2 Å². The average Bonchev–Trinajstić information content (AvgIpc) is 2.27. The highest BCUT2D eigenvalue weighted by Crippen LogP contribution is 2.31. The van der Waals surface area contributed by atoms with Crippen molar-refractivity contribution >= 4 is 11.4 Å². The van der Waals surface area contributed by atoms with Gasteiger partial charge >= 0.3 is 0 Å². The molecule has 2 unspecified atom stereocenters. The number of nitro benzene ring substituents is 1. The van der Waals surface area contributed by atoms with Crippen molar-refractivity contribution in [2.75, 3.05) is 18.0 Å². The number of piperidine rings is 1. The van der Waals surface area contributed by atoms with Crippen LogP contribution in [-0.4, -0.2) is 24.1 Å². The van der Waals surface area contributed by atoms with E-state index in [9.17, 15) is 10.1 Å². The van der Waals surface area contributed by atoms with Crippen molar-refractivity contribution in [2.24, 2.45) is 11.7 Å². The molecule has 2 rings (SSSR count). The average molecular weight is 249 g/mol. The van der Waals surface area contributed by atoms with E-state index >= 15 is 0 Å². The molecule has 1 aliphatic rings. The smallest absolute Gasteiger partial charge is 0.292 e. The predicted octanol–water partition coefficient (Wildman–Crippen LogP) is 2.08. The van der Waals surface area contributed by atoms with Gasteiger partial charge in [-0.1, -0.05) is 13.0 Å². The first-order valence-corrected chi connectivity index (χ1v) is 6.23. The van der Waals surface area contributed by atoms with Crippen LogP contribution >= 0.6 is 0 Å². The minimum atomic E-state index is -0.312. The molecule has 2 atom stereocenters. The van der Waals surface area contributed by atoms with Crippen molar-refractivity contribution in [2.45, 2.75) is 26.3 Å². The first-order valence-electron chi connectivity index (χ1n) is 6.23. The zero-order valence-electron chi connectivity index (χ0n) is 10.8. The molecule has 0 aromatic heterocycles. The van der Waals surface area contributed by atoms with Crippen LogP contribution in [-0.2, 0) is 0 Å². The summed E-state index contributed by atoms with van der Waals surface area (Å²) in [6.45, 7) is 5.51. The number of anilines is 1. The quantitative estimate of drug-likeness (QED) is 0.643. The van der Waals surface area contributed by atoms with Crippen LogP contribution in [0.25, 0.3) is 0 Å². The molecule has 1 heterocycles. The Hall–Kier alpha value is -1.62. The lowest BCUT2D eigenvalue weighted by Gasteiger charge is -2.36. The number of nitrogens with two attached hydrogens (primary N) is 1. The summed E-state index contributed by atoms with van der Waals surface area (Å²) in [4.78, 5) is 12.9. The summed E-state index contributed by atoms with van der Waals surface area (Å²) in [5.41, 5.74) is 7.76. The number of hydrogen-bond donors (Lipinski definition) is 1. The molecule has 1 aromatic carbocycles. The van der Waals surface area contributed by atoms with Crippen molar-refractivity contribution < 1.29 is 4.92 Å². The highest BCUT2D eigenvalue weighted by atomic mass is 16.6. The van der Waals surface area contributed by atoms with Gasteiger partial charge in [0.1, 0.15) is 5.69 Å². The lowest BCUT2D eigenvalue weighted by atomic mass is 9.96. The van der Waals surface area contributed by atoms with Gasteiger partial charge in [-0.25, -0.2) is 0 Å². The van der Waals surface area contributed by atoms with Crippen LogP contribution in [0.2, 0.25) is 0 Å². The van der Waals surface area contributed by atoms with E-state index in [4.69, 9.17) is 5.73 Å². The van der Waals surface area contributed by atoms with Crippen LogP contribution in [0, 0.1) is 23.0 Å². The monoisotopic (exact) mass is 249 g/mol. The van der Waals surface area contributed by atoms with E-state index in [1.807, 2.05) is 24.0 Å². The molecule has 1 aromatic rings. The molecule has 5 nitrogen and oxygen atoms in total. The molecule has 0 spiro atoms. The Morgan fingerprint density at radius 1 is 1.44 bits per heavy atom. The Kier molecular flexibility index (Phi) is 3.52. The van der Waals surface area contributed by atoms with E-state index in [0.29, 0.717) is 18.2 Å². The highest BCUT2D eigenvalue weighted by Gasteiger charge is 2.27. The van der Waals surface area contributed by atoms with Gasteiger partial charge in [-0.2, -0.15) is 0 Å². The predicted molar refractivity (Wildman–Crippen MR) is 71.8 cm³/mol. The van der Waals surface area contributed by atoms with Gasteiger partial charge in [-0.3, -0.25) is 10.1 Å². The van der Waals surface area contributed by atoms with Crippen molar-refractivity contribution in [1.82, 2.24) is 0 Å². The summed E-state index contributed by atoms with van der Waals surface area (Å²) in [6.07, 6.45) is 0.982. The molecule has 5 heteroatoms. The number of hydrogen-bond acceptors (Lipinski definition) is 4. The fourth-order valence-corrected chi connectivity index (χ4v) is 2.64. The Morgan fingerprint density at radius 3 is 2.78 bits per heavy atom. The fourth-order valence-electron chi connectivity index (χ4n) is 2.64. The van der Waals surface area contributed by atoms with Crippen molar-refractivity contribution in [1.29, 1.82) is 0 Å². The summed E-state index contributed by atoms with van der Waals surface area (Å²) in [7, 11) is 0. The maximum absolute atomic E-state index is 11.1. The molecule has 1 saturated heterocycles. The lowest BCUT2D eigenvalue weighted by Crippen LogP contribution is -2.46. The van der Waals surface area contributed by atoms with Crippen LogP contribution in [0.5, 0.6) is 0 Å². The van der Waals surface area contributed by atoms with Crippen molar-refractivity contribution in [3.63, 3.8) is 0 Å². The molecule has 98 valence electrons. The van der Waals surface area contributed by atoms with Gasteiger partial charge in [0, 0.05) is 25.2 Å². The minimum Gasteiger partial charge on any atom is -0.364 e. The van der Waals surface area contributed by atoms with Crippen molar-refractivity contribution in [3.8, 4) is 0 Å². The third kappa shape index (κ3) is 2.61. The van der Waals surface area contributed by atoms with Crippen LogP contribution in [0.4, 0.5) is 11.4 Å². The standard InChI is InChI=1S/C13H19N3O2/c1-9-3-4-12(13(6-9)16(17)18)15-7-10(2)5-11(14)8-15/h3-4,6,10-11H,5,7-8,14H2,1-2H3. The molecule has 1 fully saturated rings. The molecule has 0 amide bonds. The van der Waals surface area contributed by atoms with Crippen LogP contribution in [0.1, 0.15) is 18.9 Å². The third-order valence-corrected chi connectivity index (χ3v) is 3.36. The number of aryl methyl sites for hydroxylation is 1. The second-order valence-corrected chi connectivity index (χ2v) is 5.26. The molecular weight excluding hydrogens is 230 g/mol. The SMILES string of the molecule is Cc1ccc(N2CC(C)CC(N)C2)c([N+](=O)[O-])c1. The van der Waals surface area contributed by atoms with E-state index in [1.54, 1.807) is 6.07 Å². The maximum Gasteiger partial charge on any atom is 0.292 e. The van der Waals surface area contributed by atoms with Crippen molar-refractivity contribution in [3.05, 3.63) is 33.9 Å². The summed E-state index contributed by atoms with van der Waals surface area (Å²) in [5.74, 6) is 0.467. The van der Waals surface area contributed by atoms with Crippen LogP contribution in [0.3, 0.4) is 0 Å². The molecule has 2 N–H and O–H groups in total. The molecule has 0 saturated carbocycles. The molecule has 1 aliphatic heterocycles. The Bertz CT molecular complexity index is 452. The topological polar surface area (TPSA) is 72.4 Å².